The third kappa shape index (κ3) is 5.79. The van der Waals surface area contributed by atoms with E-state index in [1.807, 2.05) is 6.07 Å². The average Bonchev–Trinajstić information content (AvgIpc) is 3.44. The summed E-state index contributed by atoms with van der Waals surface area (Å²) in [5, 5.41) is 10.5. The lowest BCUT2D eigenvalue weighted by molar-refractivity contribution is -0.275. The number of hydrogen-bond acceptors (Lipinski definition) is 3. The number of aromatic hydroxyl groups is 1. The molecule has 1 N–H and O–H groups in total. The first-order chi connectivity index (χ1) is 14.2. The van der Waals surface area contributed by atoms with Gasteiger partial charge in [0.25, 0.3) is 0 Å². The van der Waals surface area contributed by atoms with E-state index in [4.69, 9.17) is 16.3 Å². The average molecular weight is 457 g/mol. The third-order valence-electron chi connectivity index (χ3n) is 5.41. The van der Waals surface area contributed by atoms with Crippen LogP contribution in [0.3, 0.4) is 0 Å². The normalized spacial score (nSPS) is 15.1. The van der Waals surface area contributed by atoms with Gasteiger partial charge in [0.05, 0.1) is 6.61 Å². The smallest absolute Gasteiger partial charge is 0.508 e. The molecule has 0 amide bonds. The van der Waals surface area contributed by atoms with Crippen LogP contribution in [0, 0.1) is 0 Å². The second kappa shape index (κ2) is 8.12. The Morgan fingerprint density at radius 2 is 1.65 bits per heavy atom. The predicted molar refractivity (Wildman–Crippen MR) is 115 cm³/mol. The molecule has 0 aliphatic heterocycles. The summed E-state index contributed by atoms with van der Waals surface area (Å²) in [7, 11) is 0. The van der Waals surface area contributed by atoms with Crippen molar-refractivity contribution in [3.05, 3.63) is 52.0 Å². The highest BCUT2D eigenvalue weighted by atomic mass is 35.5. The Kier molecular flexibility index (Phi) is 6.18. The highest BCUT2D eigenvalue weighted by molar-refractivity contribution is 6.31. The van der Waals surface area contributed by atoms with Crippen molar-refractivity contribution in [2.75, 3.05) is 6.61 Å². The summed E-state index contributed by atoms with van der Waals surface area (Å²) in [5.74, 6) is 0.522. The zero-order valence-corrected chi connectivity index (χ0v) is 19.1. The van der Waals surface area contributed by atoms with Crippen LogP contribution in [0.4, 0.5) is 13.2 Å². The zero-order chi connectivity index (χ0) is 23.2. The Labute approximate surface area is 186 Å². The van der Waals surface area contributed by atoms with Gasteiger partial charge in [0.2, 0.25) is 0 Å². The van der Waals surface area contributed by atoms with Gasteiger partial charge in [0.15, 0.2) is 0 Å². The van der Waals surface area contributed by atoms with Crippen LogP contribution < -0.4 is 9.47 Å². The van der Waals surface area contributed by atoms with Crippen molar-refractivity contribution in [3.8, 4) is 17.2 Å². The highest BCUT2D eigenvalue weighted by Gasteiger charge is 2.36. The van der Waals surface area contributed by atoms with Crippen molar-refractivity contribution in [3.63, 3.8) is 0 Å². The summed E-state index contributed by atoms with van der Waals surface area (Å²) in [6.07, 6.45) is -2.60. The van der Waals surface area contributed by atoms with E-state index >= 15 is 0 Å². The van der Waals surface area contributed by atoms with Crippen molar-refractivity contribution in [2.24, 2.45) is 0 Å². The lowest BCUT2D eigenvalue weighted by atomic mass is 9.82. The molecule has 0 atom stereocenters. The molecule has 1 aliphatic rings. The standard InChI is InChI=1S/C24H28ClF3O3/c1-22(2,3)18-11-16(12-19(25)21(18)14-6-7-14)30-13-23(4,5)17-10-15(29)8-9-20(17)31-24(26,27)28/h8-12,14,29H,6-7,13H2,1-5H3. The molecule has 170 valence electrons. The maximum Gasteiger partial charge on any atom is 0.573 e. The van der Waals surface area contributed by atoms with Gasteiger partial charge < -0.3 is 14.6 Å². The molecule has 1 aliphatic carbocycles. The molecule has 0 spiro atoms. The topological polar surface area (TPSA) is 38.7 Å². The van der Waals surface area contributed by atoms with Crippen LogP contribution in [0.5, 0.6) is 17.2 Å². The molecule has 0 heterocycles. The largest absolute Gasteiger partial charge is 0.573 e. The van der Waals surface area contributed by atoms with Crippen LogP contribution in [-0.4, -0.2) is 18.1 Å². The number of phenols is 1. The van der Waals surface area contributed by atoms with Gasteiger partial charge in [-0.15, -0.1) is 13.2 Å². The number of hydrogen-bond donors (Lipinski definition) is 1. The van der Waals surface area contributed by atoms with Gasteiger partial charge in [-0.3, -0.25) is 0 Å². The summed E-state index contributed by atoms with van der Waals surface area (Å²) >= 11 is 6.60. The van der Waals surface area contributed by atoms with E-state index in [-0.39, 0.29) is 29.1 Å². The quantitative estimate of drug-likeness (QED) is 0.489. The number of halogens is 4. The van der Waals surface area contributed by atoms with Crippen molar-refractivity contribution in [1.82, 2.24) is 0 Å². The number of alkyl halides is 3. The maximum atomic E-state index is 12.8. The maximum absolute atomic E-state index is 12.8. The second-order valence-electron chi connectivity index (χ2n) is 9.79. The summed E-state index contributed by atoms with van der Waals surface area (Å²) in [6.45, 7) is 9.88. The molecule has 0 aromatic heterocycles. The fraction of sp³-hybridized carbons (Fsp3) is 0.500. The van der Waals surface area contributed by atoms with Crippen LogP contribution >= 0.6 is 11.6 Å². The predicted octanol–water partition coefficient (Wildman–Crippen LogP) is 7.48. The molecule has 3 rings (SSSR count). The van der Waals surface area contributed by atoms with Crippen LogP contribution in [0.1, 0.15) is 70.1 Å². The minimum Gasteiger partial charge on any atom is -0.508 e. The minimum absolute atomic E-state index is 0.0629. The van der Waals surface area contributed by atoms with Crippen LogP contribution in [-0.2, 0) is 10.8 Å². The summed E-state index contributed by atoms with van der Waals surface area (Å²) in [5.41, 5.74) is 1.46. The molecule has 0 unspecified atom stereocenters. The molecule has 31 heavy (non-hydrogen) atoms. The first-order valence-corrected chi connectivity index (χ1v) is 10.6. The fourth-order valence-electron chi connectivity index (χ4n) is 3.69. The third-order valence-corrected chi connectivity index (χ3v) is 5.73. The Morgan fingerprint density at radius 3 is 2.19 bits per heavy atom. The lowest BCUT2D eigenvalue weighted by Gasteiger charge is -2.29. The van der Waals surface area contributed by atoms with Crippen LogP contribution in [0.25, 0.3) is 0 Å². The first-order valence-electron chi connectivity index (χ1n) is 10.2. The van der Waals surface area contributed by atoms with E-state index in [2.05, 4.69) is 25.5 Å². The van der Waals surface area contributed by atoms with Crippen molar-refractivity contribution in [2.45, 2.75) is 70.6 Å². The zero-order valence-electron chi connectivity index (χ0n) is 18.4. The van der Waals surface area contributed by atoms with Gasteiger partial charge in [-0.25, -0.2) is 0 Å². The van der Waals surface area contributed by atoms with Gasteiger partial charge in [0, 0.05) is 16.0 Å². The Morgan fingerprint density at radius 1 is 1.00 bits per heavy atom. The molecule has 7 heteroatoms. The lowest BCUT2D eigenvalue weighted by Crippen LogP contribution is -2.28. The summed E-state index contributed by atoms with van der Waals surface area (Å²) in [4.78, 5) is 0. The number of rotatable bonds is 6. The van der Waals surface area contributed by atoms with E-state index in [1.54, 1.807) is 19.9 Å². The van der Waals surface area contributed by atoms with Crippen molar-refractivity contribution in [1.29, 1.82) is 0 Å². The van der Waals surface area contributed by atoms with Gasteiger partial charge in [-0.2, -0.15) is 0 Å². The van der Waals surface area contributed by atoms with Gasteiger partial charge in [0.1, 0.15) is 17.2 Å². The van der Waals surface area contributed by atoms with Gasteiger partial charge in [-0.05, 0) is 65.6 Å². The van der Waals surface area contributed by atoms with Crippen molar-refractivity contribution < 1.29 is 27.8 Å². The Hall–Kier alpha value is -2.08. The number of benzene rings is 2. The molecular formula is C24H28ClF3O3. The van der Waals surface area contributed by atoms with E-state index in [0.717, 1.165) is 36.1 Å². The van der Waals surface area contributed by atoms with E-state index in [0.29, 0.717) is 16.7 Å². The van der Waals surface area contributed by atoms with E-state index in [9.17, 15) is 18.3 Å². The van der Waals surface area contributed by atoms with E-state index < -0.39 is 11.8 Å². The SMILES string of the molecule is CC(C)(C)c1cc(OCC(C)(C)c2cc(O)ccc2OC(F)(F)F)cc(Cl)c1C1CC1. The van der Waals surface area contributed by atoms with Crippen LogP contribution in [0.2, 0.25) is 5.02 Å². The minimum atomic E-state index is -4.84. The Balaban J connectivity index is 1.89. The molecular weight excluding hydrogens is 429 g/mol. The molecule has 0 radical (unpaired) electrons. The molecule has 2 aromatic rings. The van der Waals surface area contributed by atoms with Crippen LogP contribution in [0.15, 0.2) is 30.3 Å². The molecule has 0 saturated heterocycles. The first kappa shape index (κ1) is 23.6. The summed E-state index contributed by atoms with van der Waals surface area (Å²) < 4.78 is 48.7. The summed E-state index contributed by atoms with van der Waals surface area (Å²) in [6, 6.07) is 7.29. The Bertz CT molecular complexity index is 958. The van der Waals surface area contributed by atoms with Gasteiger partial charge in [-0.1, -0.05) is 46.2 Å². The van der Waals surface area contributed by atoms with Gasteiger partial charge >= 0.3 is 6.36 Å². The highest BCUT2D eigenvalue weighted by Crippen LogP contribution is 2.49. The number of phenolic OH excluding ortho intramolecular Hbond substituents is 1. The molecule has 3 nitrogen and oxygen atoms in total. The molecule has 2 aromatic carbocycles. The number of ether oxygens (including phenoxy) is 2. The second-order valence-corrected chi connectivity index (χ2v) is 10.2. The fourth-order valence-corrected chi connectivity index (χ4v) is 4.05. The molecule has 1 fully saturated rings. The molecule has 1 saturated carbocycles. The van der Waals surface area contributed by atoms with Crippen molar-refractivity contribution >= 4 is 11.6 Å². The monoisotopic (exact) mass is 456 g/mol. The van der Waals surface area contributed by atoms with E-state index in [1.165, 1.54) is 6.07 Å². The molecule has 0 bridgehead atoms.